The molecule has 0 spiro atoms. The predicted octanol–water partition coefficient (Wildman–Crippen LogP) is 2.30. The number of amides is 3. The Morgan fingerprint density at radius 1 is 1.17 bits per heavy atom. The second-order valence-corrected chi connectivity index (χ2v) is 6.66. The molecule has 3 atom stereocenters. The van der Waals surface area contributed by atoms with E-state index in [-0.39, 0.29) is 29.6 Å². The lowest BCUT2D eigenvalue weighted by molar-refractivity contribution is -0.147. The monoisotopic (exact) mass is 346 g/mol. The molecule has 0 saturated carbocycles. The maximum absolute atomic E-state index is 12.5. The molecule has 24 heavy (non-hydrogen) atoms. The summed E-state index contributed by atoms with van der Waals surface area (Å²) >= 11 is 5.83. The first-order valence-corrected chi connectivity index (χ1v) is 8.41. The molecule has 2 aliphatic rings. The predicted molar refractivity (Wildman–Crippen MR) is 90.0 cm³/mol. The molecule has 126 valence electrons. The molecule has 3 amide bonds. The van der Waals surface area contributed by atoms with E-state index in [1.54, 1.807) is 19.1 Å². The van der Waals surface area contributed by atoms with Crippen LogP contribution in [0.5, 0.6) is 0 Å². The third-order valence-corrected chi connectivity index (χ3v) is 4.94. The van der Waals surface area contributed by atoms with Gasteiger partial charge in [0.15, 0.2) is 0 Å². The van der Waals surface area contributed by atoms with Gasteiger partial charge >= 0.3 is 0 Å². The number of imide groups is 1. The number of carbonyl (C=O) groups is 3. The van der Waals surface area contributed by atoms with Crippen LogP contribution in [0.1, 0.15) is 25.3 Å². The molecule has 1 heterocycles. The van der Waals surface area contributed by atoms with Crippen molar-refractivity contribution in [1.82, 2.24) is 10.2 Å². The molecule has 3 rings (SSSR count). The van der Waals surface area contributed by atoms with E-state index in [0.29, 0.717) is 24.4 Å². The summed E-state index contributed by atoms with van der Waals surface area (Å²) in [5.41, 5.74) is 0.900. The second kappa shape index (κ2) is 6.77. The highest BCUT2D eigenvalue weighted by Gasteiger charge is 2.49. The van der Waals surface area contributed by atoms with Crippen LogP contribution >= 0.6 is 11.6 Å². The van der Waals surface area contributed by atoms with Crippen molar-refractivity contribution >= 4 is 29.3 Å². The highest BCUT2D eigenvalue weighted by molar-refractivity contribution is 6.30. The van der Waals surface area contributed by atoms with Gasteiger partial charge in [-0.1, -0.05) is 35.9 Å². The number of nitrogens with one attached hydrogen (secondary N) is 1. The molecule has 0 radical (unpaired) electrons. The van der Waals surface area contributed by atoms with E-state index in [0.717, 1.165) is 10.5 Å². The molecule has 1 fully saturated rings. The maximum Gasteiger partial charge on any atom is 0.243 e. The number of rotatable bonds is 4. The van der Waals surface area contributed by atoms with Gasteiger partial charge in [-0.15, -0.1) is 0 Å². The second-order valence-electron chi connectivity index (χ2n) is 6.22. The number of carbonyl (C=O) groups excluding carboxylic acids is 3. The van der Waals surface area contributed by atoms with Crippen molar-refractivity contribution in [2.24, 2.45) is 11.8 Å². The first-order chi connectivity index (χ1) is 11.5. The third kappa shape index (κ3) is 3.08. The topological polar surface area (TPSA) is 66.5 Å². The Bertz CT molecular complexity index is 673. The number of fused-ring (bicyclic) bond motifs is 1. The minimum atomic E-state index is -0.803. The first-order valence-electron chi connectivity index (χ1n) is 8.03. The zero-order chi connectivity index (χ0) is 17.3. The maximum atomic E-state index is 12.5. The fraction of sp³-hybridized carbons (Fsp3) is 0.389. The zero-order valence-corrected chi connectivity index (χ0v) is 14.1. The van der Waals surface area contributed by atoms with Crippen molar-refractivity contribution in [1.29, 1.82) is 0 Å². The number of nitrogens with zero attached hydrogens (tertiary/aromatic N) is 1. The average Bonchev–Trinajstić information content (AvgIpc) is 2.85. The van der Waals surface area contributed by atoms with E-state index in [1.807, 2.05) is 24.3 Å². The summed E-state index contributed by atoms with van der Waals surface area (Å²) in [5, 5.41) is 3.40. The van der Waals surface area contributed by atoms with Gasteiger partial charge in [0.2, 0.25) is 17.7 Å². The number of benzene rings is 1. The van der Waals surface area contributed by atoms with Gasteiger partial charge in [0.05, 0.1) is 11.8 Å². The standard InChI is InChI=1S/C18H19ClN2O3/c1-11(16(22)20-10-12-6-8-13(19)9-7-12)21-17(23)14-4-2-3-5-15(14)18(21)24/h2-3,6-9,11,14-15H,4-5,10H2,1H3,(H,20,22). The Hall–Kier alpha value is -2.14. The van der Waals surface area contributed by atoms with Crippen LogP contribution in [0, 0.1) is 11.8 Å². The lowest BCUT2D eigenvalue weighted by Gasteiger charge is -2.22. The zero-order valence-electron chi connectivity index (χ0n) is 13.4. The number of likely N-dealkylation sites (tertiary alicyclic amines) is 1. The van der Waals surface area contributed by atoms with Gasteiger partial charge in [0.1, 0.15) is 6.04 Å². The SMILES string of the molecule is CC(C(=O)NCc1ccc(Cl)cc1)N1C(=O)C2CC=CCC2C1=O. The normalized spacial score (nSPS) is 24.0. The summed E-state index contributed by atoms with van der Waals surface area (Å²) in [7, 11) is 0. The van der Waals surface area contributed by atoms with E-state index in [1.165, 1.54) is 0 Å². The van der Waals surface area contributed by atoms with E-state index < -0.39 is 6.04 Å². The number of allylic oxidation sites excluding steroid dienone is 2. The molecule has 3 unspecified atom stereocenters. The summed E-state index contributed by atoms with van der Waals surface area (Å²) < 4.78 is 0. The van der Waals surface area contributed by atoms with Crippen LogP contribution in [0.15, 0.2) is 36.4 Å². The fourth-order valence-corrected chi connectivity index (χ4v) is 3.39. The van der Waals surface area contributed by atoms with Gasteiger partial charge in [-0.05, 0) is 37.5 Å². The van der Waals surface area contributed by atoms with E-state index in [9.17, 15) is 14.4 Å². The van der Waals surface area contributed by atoms with Crippen molar-refractivity contribution < 1.29 is 14.4 Å². The molecule has 0 bridgehead atoms. The van der Waals surface area contributed by atoms with Crippen molar-refractivity contribution in [2.75, 3.05) is 0 Å². The molecule has 1 aromatic rings. The van der Waals surface area contributed by atoms with Gasteiger partial charge in [0.25, 0.3) is 0 Å². The minimum absolute atomic E-state index is 0.233. The molecule has 5 nitrogen and oxygen atoms in total. The van der Waals surface area contributed by atoms with E-state index in [2.05, 4.69) is 5.32 Å². The Morgan fingerprint density at radius 2 is 1.71 bits per heavy atom. The third-order valence-electron chi connectivity index (χ3n) is 4.69. The number of hydrogen-bond acceptors (Lipinski definition) is 3. The van der Waals surface area contributed by atoms with Gasteiger partial charge in [-0.25, -0.2) is 0 Å². The summed E-state index contributed by atoms with van der Waals surface area (Å²) in [6.45, 7) is 1.92. The largest absolute Gasteiger partial charge is 0.350 e. The Labute approximate surface area is 145 Å². The number of halogens is 1. The summed E-state index contributed by atoms with van der Waals surface area (Å²) in [6, 6.07) is 6.33. The van der Waals surface area contributed by atoms with Crippen molar-refractivity contribution in [3.63, 3.8) is 0 Å². The molecular weight excluding hydrogens is 328 g/mol. The van der Waals surface area contributed by atoms with Gasteiger partial charge in [-0.3, -0.25) is 19.3 Å². The highest BCUT2D eigenvalue weighted by atomic mass is 35.5. The molecule has 6 heteroatoms. The van der Waals surface area contributed by atoms with Gasteiger partial charge in [-0.2, -0.15) is 0 Å². The van der Waals surface area contributed by atoms with E-state index in [4.69, 9.17) is 11.6 Å². The summed E-state index contributed by atoms with van der Waals surface area (Å²) in [5.74, 6) is -1.42. The average molecular weight is 347 g/mol. The molecule has 1 saturated heterocycles. The van der Waals surface area contributed by atoms with Gasteiger partial charge in [0, 0.05) is 11.6 Å². The first kappa shape index (κ1) is 16.7. The van der Waals surface area contributed by atoms with Crippen LogP contribution in [0.2, 0.25) is 5.02 Å². The molecule has 1 aliphatic heterocycles. The molecule has 1 aliphatic carbocycles. The Kier molecular flexibility index (Phi) is 4.71. The Balaban J connectivity index is 1.64. The van der Waals surface area contributed by atoms with Crippen LogP contribution in [0.3, 0.4) is 0 Å². The summed E-state index contributed by atoms with van der Waals surface area (Å²) in [6.07, 6.45) is 5.01. The number of hydrogen-bond donors (Lipinski definition) is 1. The van der Waals surface area contributed by atoms with Gasteiger partial charge < -0.3 is 5.32 Å². The molecule has 1 aromatic carbocycles. The van der Waals surface area contributed by atoms with Crippen LogP contribution in [0.25, 0.3) is 0 Å². The van der Waals surface area contributed by atoms with Crippen molar-refractivity contribution in [3.05, 3.63) is 47.0 Å². The van der Waals surface area contributed by atoms with Crippen molar-refractivity contribution in [3.8, 4) is 0 Å². The minimum Gasteiger partial charge on any atom is -0.350 e. The smallest absolute Gasteiger partial charge is 0.243 e. The van der Waals surface area contributed by atoms with Crippen LogP contribution in [-0.2, 0) is 20.9 Å². The quantitative estimate of drug-likeness (QED) is 0.672. The molecule has 1 N–H and O–H groups in total. The van der Waals surface area contributed by atoms with Crippen LogP contribution in [-0.4, -0.2) is 28.7 Å². The highest BCUT2D eigenvalue weighted by Crippen LogP contribution is 2.36. The van der Waals surface area contributed by atoms with Crippen LogP contribution < -0.4 is 5.32 Å². The summed E-state index contributed by atoms with van der Waals surface area (Å²) in [4.78, 5) is 38.5. The lowest BCUT2D eigenvalue weighted by Crippen LogP contribution is -2.48. The van der Waals surface area contributed by atoms with Crippen molar-refractivity contribution in [2.45, 2.75) is 32.4 Å². The lowest BCUT2D eigenvalue weighted by atomic mass is 9.85. The molecular formula is C18H19ClN2O3. The Morgan fingerprint density at radius 3 is 2.25 bits per heavy atom. The fourth-order valence-electron chi connectivity index (χ4n) is 3.26. The van der Waals surface area contributed by atoms with E-state index >= 15 is 0 Å². The van der Waals surface area contributed by atoms with Crippen LogP contribution in [0.4, 0.5) is 0 Å². The molecule has 0 aromatic heterocycles.